The Kier molecular flexibility index (Phi) is 2.86. The number of benzene rings is 1. The lowest BCUT2D eigenvalue weighted by atomic mass is 9.71. The number of hydrogen-bond acceptors (Lipinski definition) is 3. The Bertz CT molecular complexity index is 483. The topological polar surface area (TPSA) is 29.5 Å². The van der Waals surface area contributed by atoms with Crippen molar-refractivity contribution in [2.24, 2.45) is 5.92 Å². The fraction of sp³-hybridized carbons (Fsp3) is 0.533. The van der Waals surface area contributed by atoms with E-state index in [4.69, 9.17) is 4.74 Å². The lowest BCUT2D eigenvalue weighted by molar-refractivity contribution is 0.0886. The normalized spacial score (nSPS) is 27.6. The van der Waals surface area contributed by atoms with Crippen LogP contribution in [0.5, 0.6) is 5.75 Å². The van der Waals surface area contributed by atoms with E-state index in [1.54, 1.807) is 7.11 Å². The van der Waals surface area contributed by atoms with E-state index in [1.165, 1.54) is 5.56 Å². The van der Waals surface area contributed by atoms with Gasteiger partial charge in [-0.3, -0.25) is 4.79 Å². The predicted octanol–water partition coefficient (Wildman–Crippen LogP) is 2.32. The summed E-state index contributed by atoms with van der Waals surface area (Å²) in [5, 5.41) is 0. The summed E-state index contributed by atoms with van der Waals surface area (Å²) in [6, 6.07) is 5.97. The second-order valence-electron chi connectivity index (χ2n) is 5.50. The third kappa shape index (κ3) is 1.83. The van der Waals surface area contributed by atoms with Crippen molar-refractivity contribution >= 4 is 5.78 Å². The van der Waals surface area contributed by atoms with E-state index in [1.807, 2.05) is 12.1 Å². The Morgan fingerprint density at radius 1 is 1.39 bits per heavy atom. The average Bonchev–Trinajstić information content (AvgIpc) is 2.39. The number of ketones is 1. The molecule has 0 aromatic heterocycles. The molecular weight excluding hydrogens is 226 g/mol. The molecule has 2 aliphatic rings. The average molecular weight is 245 g/mol. The van der Waals surface area contributed by atoms with Gasteiger partial charge in [0, 0.05) is 24.4 Å². The van der Waals surface area contributed by atoms with Crippen LogP contribution < -0.4 is 4.74 Å². The van der Waals surface area contributed by atoms with Gasteiger partial charge in [0.2, 0.25) is 0 Å². The van der Waals surface area contributed by atoms with Crippen LogP contribution >= 0.6 is 0 Å². The zero-order chi connectivity index (χ0) is 12.7. The van der Waals surface area contributed by atoms with Crippen LogP contribution in [0.25, 0.3) is 0 Å². The van der Waals surface area contributed by atoms with Crippen LogP contribution in [0.3, 0.4) is 0 Å². The van der Waals surface area contributed by atoms with Crippen molar-refractivity contribution < 1.29 is 9.53 Å². The zero-order valence-electron chi connectivity index (χ0n) is 11.0. The number of carbonyl (C=O) groups is 1. The molecule has 3 heteroatoms. The summed E-state index contributed by atoms with van der Waals surface area (Å²) in [4.78, 5) is 14.6. The van der Waals surface area contributed by atoms with Gasteiger partial charge >= 0.3 is 0 Å². The van der Waals surface area contributed by atoms with Gasteiger partial charge in [0.05, 0.1) is 7.11 Å². The van der Waals surface area contributed by atoms with E-state index in [0.29, 0.717) is 18.3 Å². The number of carbonyl (C=O) groups excluding carboxylic acids is 1. The molecule has 0 N–H and O–H groups in total. The highest BCUT2D eigenvalue weighted by molar-refractivity contribution is 5.99. The third-order valence-electron chi connectivity index (χ3n) is 4.37. The number of rotatable bonds is 1. The van der Waals surface area contributed by atoms with Crippen molar-refractivity contribution in [1.29, 1.82) is 0 Å². The number of fused-ring (bicyclic) bond motifs is 3. The summed E-state index contributed by atoms with van der Waals surface area (Å²) in [6.45, 7) is 2.18. The predicted molar refractivity (Wildman–Crippen MR) is 70.3 cm³/mol. The number of piperidine rings is 1. The fourth-order valence-corrected chi connectivity index (χ4v) is 3.34. The maximum atomic E-state index is 12.2. The van der Waals surface area contributed by atoms with Gasteiger partial charge in [-0.15, -0.1) is 0 Å². The first-order valence-corrected chi connectivity index (χ1v) is 6.58. The zero-order valence-corrected chi connectivity index (χ0v) is 11.0. The number of likely N-dealkylation sites (N-methyl/N-ethyl adjacent to an activating group) is 1. The molecule has 2 atom stereocenters. The minimum Gasteiger partial charge on any atom is -0.497 e. The third-order valence-corrected chi connectivity index (χ3v) is 4.37. The molecule has 0 bridgehead atoms. The van der Waals surface area contributed by atoms with E-state index in [0.717, 1.165) is 30.8 Å². The number of Topliss-reactive ketones (excluding diaryl/α,β-unsaturated/α-hetero) is 1. The van der Waals surface area contributed by atoms with E-state index in [-0.39, 0.29) is 5.78 Å². The van der Waals surface area contributed by atoms with Gasteiger partial charge in [-0.2, -0.15) is 0 Å². The number of nitrogens with zero attached hydrogens (tertiary/aromatic N) is 1. The highest BCUT2D eigenvalue weighted by Gasteiger charge is 2.37. The maximum Gasteiger partial charge on any atom is 0.163 e. The lowest BCUT2D eigenvalue weighted by Gasteiger charge is -2.40. The van der Waals surface area contributed by atoms with Crippen LogP contribution in [0.4, 0.5) is 0 Å². The maximum absolute atomic E-state index is 12.2. The van der Waals surface area contributed by atoms with Gasteiger partial charge in [-0.25, -0.2) is 0 Å². The van der Waals surface area contributed by atoms with Crippen LogP contribution in [-0.4, -0.2) is 37.9 Å². The van der Waals surface area contributed by atoms with Gasteiger partial charge in [0.25, 0.3) is 0 Å². The number of hydrogen-bond donors (Lipinski definition) is 0. The number of ether oxygens (including phenoxy) is 1. The molecule has 1 aliphatic carbocycles. The van der Waals surface area contributed by atoms with Crippen molar-refractivity contribution in [1.82, 2.24) is 4.90 Å². The van der Waals surface area contributed by atoms with Crippen molar-refractivity contribution in [3.8, 4) is 5.75 Å². The van der Waals surface area contributed by atoms with Gasteiger partial charge in [0.15, 0.2) is 5.78 Å². The minimum absolute atomic E-state index is 0.287. The van der Waals surface area contributed by atoms with Crippen LogP contribution in [0.15, 0.2) is 18.2 Å². The van der Waals surface area contributed by atoms with Crippen molar-refractivity contribution in [2.75, 3.05) is 27.2 Å². The van der Waals surface area contributed by atoms with Crippen LogP contribution in [0.1, 0.15) is 34.7 Å². The minimum atomic E-state index is 0.287. The first-order chi connectivity index (χ1) is 8.69. The van der Waals surface area contributed by atoms with E-state index in [2.05, 4.69) is 18.0 Å². The van der Waals surface area contributed by atoms with Gasteiger partial charge in [-0.05, 0) is 43.6 Å². The highest BCUT2D eigenvalue weighted by atomic mass is 16.5. The summed E-state index contributed by atoms with van der Waals surface area (Å²) in [5.41, 5.74) is 2.11. The first kappa shape index (κ1) is 11.7. The molecule has 1 aliphatic heterocycles. The summed E-state index contributed by atoms with van der Waals surface area (Å²) < 4.78 is 5.22. The molecule has 1 heterocycles. The molecule has 96 valence electrons. The molecule has 0 spiro atoms. The van der Waals surface area contributed by atoms with Crippen molar-refractivity contribution in [3.63, 3.8) is 0 Å². The fourth-order valence-electron chi connectivity index (χ4n) is 3.34. The molecule has 0 amide bonds. The molecule has 3 rings (SSSR count). The molecule has 0 unspecified atom stereocenters. The van der Waals surface area contributed by atoms with Crippen LogP contribution in [0, 0.1) is 5.92 Å². The number of methoxy groups -OCH3 is 1. The van der Waals surface area contributed by atoms with Gasteiger partial charge < -0.3 is 9.64 Å². The summed E-state index contributed by atoms with van der Waals surface area (Å²) in [5.74, 6) is 2.12. The van der Waals surface area contributed by atoms with E-state index >= 15 is 0 Å². The van der Waals surface area contributed by atoms with E-state index < -0.39 is 0 Å². The number of likely N-dealkylation sites (tertiary alicyclic amines) is 1. The second kappa shape index (κ2) is 4.39. The lowest BCUT2D eigenvalue weighted by Crippen LogP contribution is -2.40. The molecule has 18 heavy (non-hydrogen) atoms. The SMILES string of the molecule is COc1ccc2c(c1)C(=O)C[C@H]1CCN(C)C[C@H]21. The molecule has 0 saturated carbocycles. The summed E-state index contributed by atoms with van der Waals surface area (Å²) in [7, 11) is 3.81. The summed E-state index contributed by atoms with van der Waals surface area (Å²) >= 11 is 0. The monoisotopic (exact) mass is 245 g/mol. The highest BCUT2D eigenvalue weighted by Crippen LogP contribution is 2.41. The Hall–Kier alpha value is -1.35. The standard InChI is InChI=1S/C15H19NO2/c1-16-6-5-10-7-15(17)13-8-11(18-2)3-4-12(13)14(10)9-16/h3-4,8,10,14H,5-7,9H2,1-2H3/t10-,14+/m1/s1. The Labute approximate surface area is 108 Å². The molecule has 1 fully saturated rings. The van der Waals surface area contributed by atoms with E-state index in [9.17, 15) is 4.79 Å². The van der Waals surface area contributed by atoms with Crippen molar-refractivity contribution in [2.45, 2.75) is 18.8 Å². The Balaban J connectivity index is 2.02. The van der Waals surface area contributed by atoms with Crippen molar-refractivity contribution in [3.05, 3.63) is 29.3 Å². The molecule has 0 radical (unpaired) electrons. The molecular formula is C15H19NO2. The first-order valence-electron chi connectivity index (χ1n) is 6.58. The smallest absolute Gasteiger partial charge is 0.163 e. The van der Waals surface area contributed by atoms with Gasteiger partial charge in [0.1, 0.15) is 5.75 Å². The molecule has 3 nitrogen and oxygen atoms in total. The molecule has 1 aromatic carbocycles. The Morgan fingerprint density at radius 2 is 2.22 bits per heavy atom. The quantitative estimate of drug-likeness (QED) is 0.760. The van der Waals surface area contributed by atoms with Gasteiger partial charge in [-0.1, -0.05) is 6.07 Å². The molecule has 1 aromatic rings. The second-order valence-corrected chi connectivity index (χ2v) is 5.50. The summed E-state index contributed by atoms with van der Waals surface area (Å²) in [6.07, 6.45) is 1.84. The molecule has 1 saturated heterocycles. The Morgan fingerprint density at radius 3 is 3.00 bits per heavy atom. The van der Waals surface area contributed by atoms with Crippen LogP contribution in [0.2, 0.25) is 0 Å². The van der Waals surface area contributed by atoms with Crippen LogP contribution in [-0.2, 0) is 0 Å². The largest absolute Gasteiger partial charge is 0.497 e.